The van der Waals surface area contributed by atoms with E-state index in [1.807, 2.05) is 0 Å². The highest BCUT2D eigenvalue weighted by Gasteiger charge is 2.58. The minimum atomic E-state index is -0.318. The molecule has 8 atom stereocenters. The van der Waals surface area contributed by atoms with E-state index in [0.29, 0.717) is 17.0 Å². The van der Waals surface area contributed by atoms with Crippen LogP contribution in [-0.4, -0.2) is 20.8 Å². The zero-order valence-electron chi connectivity index (χ0n) is 20.2. The first-order valence-electron chi connectivity index (χ1n) is 13.5. The molecule has 0 saturated heterocycles. The summed E-state index contributed by atoms with van der Waals surface area (Å²) in [4.78, 5) is 15.0. The first-order chi connectivity index (χ1) is 16.0. The van der Waals surface area contributed by atoms with Crippen LogP contribution in [0.3, 0.4) is 0 Å². The van der Waals surface area contributed by atoms with Crippen molar-refractivity contribution < 1.29 is 9.18 Å². The van der Waals surface area contributed by atoms with Gasteiger partial charge in [0.05, 0.1) is 0 Å². The molecule has 0 radical (unpaired) electrons. The van der Waals surface area contributed by atoms with E-state index in [1.165, 1.54) is 74.7 Å². The Balaban J connectivity index is 1.17. The number of rotatable bonds is 4. The van der Waals surface area contributed by atoms with E-state index in [1.54, 1.807) is 6.07 Å². The van der Waals surface area contributed by atoms with Gasteiger partial charge in [0.25, 0.3) is 0 Å². The summed E-state index contributed by atoms with van der Waals surface area (Å²) in [5.74, 6) is 5.39. The summed E-state index contributed by atoms with van der Waals surface area (Å²) >= 11 is 0. The van der Waals surface area contributed by atoms with Gasteiger partial charge in [-0.2, -0.15) is 15.0 Å². The highest BCUT2D eigenvalue weighted by Crippen LogP contribution is 2.64. The third-order valence-electron chi connectivity index (χ3n) is 10.7. The van der Waals surface area contributed by atoms with E-state index in [4.69, 9.17) is 0 Å². The third kappa shape index (κ3) is 3.56. The summed E-state index contributed by atoms with van der Waals surface area (Å²) in [7, 11) is 0. The zero-order valence-corrected chi connectivity index (χ0v) is 20.2. The Morgan fingerprint density at radius 1 is 1.03 bits per heavy atom. The van der Waals surface area contributed by atoms with Gasteiger partial charge in [0.2, 0.25) is 0 Å². The average Bonchev–Trinajstić information content (AvgIpc) is 3.37. The highest BCUT2D eigenvalue weighted by molar-refractivity contribution is 5.82. The standard InChI is InChI=1S/C28H38FN3O/c1-3-17-4-7-20-18(14-17)5-8-22-21(20)12-13-28(2)23(22)9-10-24(28)27(33)16-32-30-25-11-6-19(29)15-26(25)31-32/h6,11,15,17-18,20-24H,3-5,7-10,12-14,16H2,1-2H3. The van der Waals surface area contributed by atoms with Gasteiger partial charge in [-0.1, -0.05) is 26.7 Å². The lowest BCUT2D eigenvalue weighted by molar-refractivity contribution is -0.131. The lowest BCUT2D eigenvalue weighted by Gasteiger charge is -2.56. The molecule has 4 fully saturated rings. The molecule has 0 amide bonds. The second-order valence-corrected chi connectivity index (χ2v) is 12.0. The number of fused-ring (bicyclic) bond motifs is 6. The topological polar surface area (TPSA) is 47.8 Å². The number of carbonyl (C=O) groups excluding carboxylic acids is 1. The maximum Gasteiger partial charge on any atom is 0.159 e. The number of aromatic nitrogens is 3. The number of halogens is 1. The van der Waals surface area contributed by atoms with Crippen molar-refractivity contribution in [3.05, 3.63) is 24.0 Å². The molecule has 6 rings (SSSR count). The zero-order chi connectivity index (χ0) is 22.7. The van der Waals surface area contributed by atoms with Crippen molar-refractivity contribution in [1.29, 1.82) is 0 Å². The van der Waals surface area contributed by atoms with E-state index in [-0.39, 0.29) is 29.5 Å². The molecule has 1 aromatic heterocycles. The van der Waals surface area contributed by atoms with Crippen LogP contribution in [0.15, 0.2) is 18.2 Å². The summed E-state index contributed by atoms with van der Waals surface area (Å²) in [6.07, 6.45) is 13.3. The highest BCUT2D eigenvalue weighted by atomic mass is 19.1. The lowest BCUT2D eigenvalue weighted by atomic mass is 9.49. The molecule has 2 aromatic rings. The SMILES string of the molecule is CCC1CCC2C(CCC3C2CCC2(C)C(C(=O)Cn4nc5ccc(F)cc5n4)CCC32)C1. The van der Waals surface area contributed by atoms with Crippen LogP contribution in [0.5, 0.6) is 0 Å². The van der Waals surface area contributed by atoms with Crippen LogP contribution in [0.2, 0.25) is 0 Å². The lowest BCUT2D eigenvalue weighted by Crippen LogP contribution is -2.49. The minimum absolute atomic E-state index is 0.114. The third-order valence-corrected chi connectivity index (χ3v) is 10.7. The molecule has 0 bridgehead atoms. The molecule has 33 heavy (non-hydrogen) atoms. The number of Topliss-reactive ketones (excluding diaryl/α,β-unsaturated/α-hetero) is 1. The van der Waals surface area contributed by atoms with Gasteiger partial charge in [0, 0.05) is 12.0 Å². The van der Waals surface area contributed by atoms with Crippen molar-refractivity contribution in [2.45, 2.75) is 84.6 Å². The van der Waals surface area contributed by atoms with Gasteiger partial charge in [-0.15, -0.1) is 0 Å². The number of ketones is 1. The van der Waals surface area contributed by atoms with Crippen LogP contribution >= 0.6 is 0 Å². The van der Waals surface area contributed by atoms with Gasteiger partial charge in [-0.25, -0.2) is 4.39 Å². The summed E-state index contributed by atoms with van der Waals surface area (Å²) in [5.41, 5.74) is 1.30. The molecule has 4 aliphatic carbocycles. The molecule has 4 aliphatic rings. The van der Waals surface area contributed by atoms with Crippen molar-refractivity contribution in [2.24, 2.45) is 46.8 Å². The number of nitrogens with zero attached hydrogens (tertiary/aromatic N) is 3. The summed E-state index contributed by atoms with van der Waals surface area (Å²) < 4.78 is 13.5. The summed E-state index contributed by atoms with van der Waals surface area (Å²) in [6.45, 7) is 5.00. The Hall–Kier alpha value is -1.78. The second kappa shape index (κ2) is 8.16. The quantitative estimate of drug-likeness (QED) is 0.538. The number of benzene rings is 1. The molecule has 0 aliphatic heterocycles. The predicted octanol–water partition coefficient (Wildman–Crippen LogP) is 6.43. The fraction of sp³-hybridized carbons (Fsp3) is 0.750. The van der Waals surface area contributed by atoms with Gasteiger partial charge in [-0.05, 0) is 104 Å². The van der Waals surface area contributed by atoms with E-state index in [2.05, 4.69) is 24.0 Å². The normalized spacial score (nSPS) is 40.3. The van der Waals surface area contributed by atoms with Crippen molar-refractivity contribution >= 4 is 16.8 Å². The molecule has 0 N–H and O–H groups in total. The molecule has 0 spiro atoms. The fourth-order valence-electron chi connectivity index (χ4n) is 9.10. The molecule has 5 heteroatoms. The Morgan fingerprint density at radius 3 is 2.70 bits per heavy atom. The molecular formula is C28H38FN3O. The Morgan fingerprint density at radius 2 is 1.85 bits per heavy atom. The van der Waals surface area contributed by atoms with Crippen LogP contribution in [-0.2, 0) is 11.3 Å². The van der Waals surface area contributed by atoms with Crippen LogP contribution in [0.4, 0.5) is 4.39 Å². The number of hydrogen-bond acceptors (Lipinski definition) is 3. The Kier molecular flexibility index (Phi) is 5.38. The van der Waals surface area contributed by atoms with Gasteiger partial charge in [0.15, 0.2) is 5.78 Å². The van der Waals surface area contributed by atoms with E-state index in [0.717, 1.165) is 36.0 Å². The monoisotopic (exact) mass is 451 g/mol. The maximum absolute atomic E-state index is 13.5. The van der Waals surface area contributed by atoms with Gasteiger partial charge in [0.1, 0.15) is 23.4 Å². The first kappa shape index (κ1) is 21.7. The van der Waals surface area contributed by atoms with Crippen LogP contribution < -0.4 is 0 Å². The predicted molar refractivity (Wildman–Crippen MR) is 127 cm³/mol. The van der Waals surface area contributed by atoms with Crippen molar-refractivity contribution in [3.8, 4) is 0 Å². The van der Waals surface area contributed by atoms with E-state index in [9.17, 15) is 9.18 Å². The molecule has 8 unspecified atom stereocenters. The maximum atomic E-state index is 13.5. The number of hydrogen-bond donors (Lipinski definition) is 0. The minimum Gasteiger partial charge on any atom is -0.297 e. The van der Waals surface area contributed by atoms with Crippen molar-refractivity contribution in [1.82, 2.24) is 15.0 Å². The molecule has 4 nitrogen and oxygen atoms in total. The molecule has 1 heterocycles. The van der Waals surface area contributed by atoms with Crippen molar-refractivity contribution in [2.75, 3.05) is 0 Å². The van der Waals surface area contributed by atoms with E-state index < -0.39 is 0 Å². The summed E-state index contributed by atoms with van der Waals surface area (Å²) in [6, 6.07) is 4.42. The van der Waals surface area contributed by atoms with Crippen LogP contribution in [0.1, 0.15) is 78.1 Å². The smallest absolute Gasteiger partial charge is 0.159 e. The second-order valence-electron chi connectivity index (χ2n) is 12.0. The molecule has 1 aromatic carbocycles. The largest absolute Gasteiger partial charge is 0.297 e. The van der Waals surface area contributed by atoms with Crippen molar-refractivity contribution in [3.63, 3.8) is 0 Å². The Labute approximate surface area is 196 Å². The first-order valence-corrected chi connectivity index (χ1v) is 13.5. The summed E-state index contributed by atoms with van der Waals surface area (Å²) in [5, 5.41) is 8.81. The molecular weight excluding hydrogens is 413 g/mol. The fourth-order valence-corrected chi connectivity index (χ4v) is 9.10. The van der Waals surface area contributed by atoms with Gasteiger partial charge >= 0.3 is 0 Å². The molecule has 178 valence electrons. The Bertz CT molecular complexity index is 1050. The number of carbonyl (C=O) groups is 1. The average molecular weight is 452 g/mol. The molecule has 4 saturated carbocycles. The van der Waals surface area contributed by atoms with E-state index >= 15 is 0 Å². The van der Waals surface area contributed by atoms with Gasteiger partial charge < -0.3 is 0 Å². The van der Waals surface area contributed by atoms with Gasteiger partial charge in [-0.3, -0.25) is 4.79 Å². The van der Waals surface area contributed by atoms with Crippen LogP contribution in [0.25, 0.3) is 11.0 Å². The van der Waals surface area contributed by atoms with Crippen LogP contribution in [0, 0.1) is 52.7 Å².